The Bertz CT molecular complexity index is 1170. The van der Waals surface area contributed by atoms with Gasteiger partial charge in [0.25, 0.3) is 0 Å². The lowest BCUT2D eigenvalue weighted by Gasteiger charge is -2.15. The van der Waals surface area contributed by atoms with Gasteiger partial charge in [0.05, 0.1) is 6.61 Å². The summed E-state index contributed by atoms with van der Waals surface area (Å²) in [6.07, 6.45) is 62.3. The Morgan fingerprint density at radius 3 is 1.19 bits per heavy atom. The van der Waals surface area contributed by atoms with Crippen LogP contribution >= 0.6 is 0 Å². The zero-order valence-electron chi connectivity index (χ0n) is 32.5. The van der Waals surface area contributed by atoms with E-state index in [1.807, 2.05) is 12.2 Å². The largest absolute Gasteiger partial charge is 0.462 e. The predicted octanol–water partition coefficient (Wildman–Crippen LogP) is 12.6. The fourth-order valence-corrected chi connectivity index (χ4v) is 4.54. The van der Waals surface area contributed by atoms with Gasteiger partial charge in [0.2, 0.25) is 0 Å². The van der Waals surface area contributed by atoms with Gasteiger partial charge in [0.1, 0.15) is 6.61 Å². The Morgan fingerprint density at radius 1 is 0.442 bits per heavy atom. The highest BCUT2D eigenvalue weighted by Crippen LogP contribution is 2.07. The van der Waals surface area contributed by atoms with Crippen molar-refractivity contribution in [2.24, 2.45) is 0 Å². The smallest absolute Gasteiger partial charge is 0.306 e. The Morgan fingerprint density at radius 2 is 0.808 bits per heavy atom. The van der Waals surface area contributed by atoms with Gasteiger partial charge in [-0.25, -0.2) is 0 Å². The molecule has 0 amide bonds. The van der Waals surface area contributed by atoms with E-state index < -0.39 is 12.1 Å². The molecule has 288 valence electrons. The molecule has 0 rings (SSSR count). The summed E-state index contributed by atoms with van der Waals surface area (Å²) >= 11 is 0. The van der Waals surface area contributed by atoms with Gasteiger partial charge in [-0.15, -0.1) is 0 Å². The number of aliphatic hydroxyl groups excluding tert-OH is 1. The van der Waals surface area contributed by atoms with Gasteiger partial charge in [0, 0.05) is 12.8 Å². The second-order valence-electron chi connectivity index (χ2n) is 12.2. The van der Waals surface area contributed by atoms with Crippen molar-refractivity contribution in [3.63, 3.8) is 0 Å². The molecular weight excluding hydrogens is 645 g/mol. The number of carbonyl (C=O) groups excluding carboxylic acids is 2. The number of aliphatic hydroxyl groups is 1. The minimum Gasteiger partial charge on any atom is -0.462 e. The van der Waals surface area contributed by atoms with Crippen molar-refractivity contribution in [1.29, 1.82) is 0 Å². The summed E-state index contributed by atoms with van der Waals surface area (Å²) in [5, 5.41) is 9.55. The van der Waals surface area contributed by atoms with Crippen LogP contribution in [-0.4, -0.2) is 36.4 Å². The van der Waals surface area contributed by atoms with Gasteiger partial charge in [-0.2, -0.15) is 0 Å². The quantitative estimate of drug-likeness (QED) is 0.0416. The van der Waals surface area contributed by atoms with E-state index in [-0.39, 0.29) is 25.6 Å². The van der Waals surface area contributed by atoms with Gasteiger partial charge < -0.3 is 14.6 Å². The third kappa shape index (κ3) is 38.8. The SMILES string of the molecule is CCC=CCC=CCC=CCC=CCC=CCC=CCCC(=O)OC(CO)COC(=O)CCCCCC=CCC=CCC=CCC=CCC=CCC. The predicted molar refractivity (Wildman–Crippen MR) is 223 cm³/mol. The van der Waals surface area contributed by atoms with E-state index in [1.54, 1.807) is 0 Å². The lowest BCUT2D eigenvalue weighted by molar-refractivity contribution is -0.161. The molecule has 0 saturated carbocycles. The van der Waals surface area contributed by atoms with E-state index >= 15 is 0 Å². The molecule has 1 N–H and O–H groups in total. The molecule has 0 aromatic carbocycles. The fourth-order valence-electron chi connectivity index (χ4n) is 4.54. The van der Waals surface area contributed by atoms with Crippen LogP contribution in [0.25, 0.3) is 0 Å². The monoisotopic (exact) mass is 715 g/mol. The zero-order chi connectivity index (χ0) is 37.8. The summed E-state index contributed by atoms with van der Waals surface area (Å²) in [5.74, 6) is -0.743. The number of unbranched alkanes of at least 4 members (excludes halogenated alkanes) is 3. The van der Waals surface area contributed by atoms with Crippen molar-refractivity contribution in [2.45, 2.75) is 136 Å². The average molecular weight is 715 g/mol. The molecule has 0 aromatic rings. The van der Waals surface area contributed by atoms with Crippen molar-refractivity contribution in [2.75, 3.05) is 13.2 Å². The third-order valence-electron chi connectivity index (χ3n) is 7.45. The molecular formula is C47H70O5. The summed E-state index contributed by atoms with van der Waals surface area (Å²) in [6, 6.07) is 0. The van der Waals surface area contributed by atoms with Crippen LogP contribution in [0.3, 0.4) is 0 Å². The van der Waals surface area contributed by atoms with Gasteiger partial charge >= 0.3 is 11.9 Å². The van der Waals surface area contributed by atoms with Gasteiger partial charge in [-0.1, -0.05) is 154 Å². The number of hydrogen-bond donors (Lipinski definition) is 1. The third-order valence-corrected chi connectivity index (χ3v) is 7.45. The minimum atomic E-state index is -0.836. The van der Waals surface area contributed by atoms with Crippen LogP contribution in [0.2, 0.25) is 0 Å². The van der Waals surface area contributed by atoms with Crippen molar-refractivity contribution < 1.29 is 24.2 Å². The van der Waals surface area contributed by atoms with Crippen LogP contribution < -0.4 is 0 Å². The van der Waals surface area contributed by atoms with Crippen LogP contribution in [0, 0.1) is 0 Å². The number of hydrogen-bond acceptors (Lipinski definition) is 5. The summed E-state index contributed by atoms with van der Waals surface area (Å²) in [6.45, 7) is 3.79. The van der Waals surface area contributed by atoms with Gasteiger partial charge in [0.15, 0.2) is 6.10 Å². The molecule has 0 heterocycles. The molecule has 5 heteroatoms. The molecule has 0 aliphatic heterocycles. The minimum absolute atomic E-state index is 0.124. The van der Waals surface area contributed by atoms with E-state index in [0.29, 0.717) is 12.8 Å². The van der Waals surface area contributed by atoms with Gasteiger partial charge in [-0.05, 0) is 96.3 Å². The summed E-state index contributed by atoms with van der Waals surface area (Å²) in [5.41, 5.74) is 0. The van der Waals surface area contributed by atoms with Crippen LogP contribution in [0.1, 0.15) is 129 Å². The Kier molecular flexibility index (Phi) is 38.3. The molecule has 0 fully saturated rings. The van der Waals surface area contributed by atoms with Crippen molar-refractivity contribution >= 4 is 11.9 Å². The summed E-state index contributed by atoms with van der Waals surface area (Å²) < 4.78 is 10.5. The lowest BCUT2D eigenvalue weighted by atomic mass is 10.1. The molecule has 0 aromatic heterocycles. The van der Waals surface area contributed by atoms with E-state index in [1.165, 1.54) is 0 Å². The first kappa shape index (κ1) is 48.0. The molecule has 1 atom stereocenters. The first-order chi connectivity index (χ1) is 25.6. The highest BCUT2D eigenvalue weighted by Gasteiger charge is 2.15. The lowest BCUT2D eigenvalue weighted by Crippen LogP contribution is -2.28. The van der Waals surface area contributed by atoms with Crippen molar-refractivity contribution in [3.8, 4) is 0 Å². The fraction of sp³-hybridized carbons (Fsp3) is 0.489. The van der Waals surface area contributed by atoms with E-state index in [2.05, 4.69) is 135 Å². The summed E-state index contributed by atoms with van der Waals surface area (Å²) in [4.78, 5) is 24.2. The molecule has 0 aliphatic rings. The molecule has 0 spiro atoms. The first-order valence-corrected chi connectivity index (χ1v) is 19.7. The Labute approximate surface area is 317 Å². The molecule has 0 radical (unpaired) electrons. The van der Waals surface area contributed by atoms with E-state index in [9.17, 15) is 14.7 Å². The molecule has 52 heavy (non-hydrogen) atoms. The zero-order valence-corrected chi connectivity index (χ0v) is 32.5. The van der Waals surface area contributed by atoms with Crippen LogP contribution in [0.5, 0.6) is 0 Å². The molecule has 5 nitrogen and oxygen atoms in total. The number of carbonyl (C=O) groups is 2. The molecule has 0 aliphatic carbocycles. The standard InChI is InChI=1S/C47H70O5/c1-3-5-7-9-11-13-15-17-19-21-23-25-27-29-31-33-35-37-39-41-46(49)51-44-45(43-48)52-47(50)42-40-38-36-34-32-30-28-26-24-22-20-18-16-14-12-10-8-6-4-2/h5-8,11-14,17-20,23-26,29-32,36,38,45,48H,3-4,9-10,15-16,21-22,27-28,33-35,37,39-44H2,1-2H3. The maximum Gasteiger partial charge on any atom is 0.306 e. The molecule has 0 bridgehead atoms. The molecule has 1 unspecified atom stereocenters. The second-order valence-corrected chi connectivity index (χ2v) is 12.2. The second kappa shape index (κ2) is 41.5. The summed E-state index contributed by atoms with van der Waals surface area (Å²) in [7, 11) is 0. The number of rotatable bonds is 33. The number of ether oxygens (including phenoxy) is 2. The number of allylic oxidation sites excluding steroid dienone is 22. The van der Waals surface area contributed by atoms with Gasteiger partial charge in [-0.3, -0.25) is 9.59 Å². The highest BCUT2D eigenvalue weighted by atomic mass is 16.6. The topological polar surface area (TPSA) is 72.8 Å². The maximum absolute atomic E-state index is 12.1. The average Bonchev–Trinajstić information content (AvgIpc) is 3.15. The Balaban J connectivity index is 3.81. The Hall–Kier alpha value is -3.96. The van der Waals surface area contributed by atoms with Crippen molar-refractivity contribution in [3.05, 3.63) is 134 Å². The van der Waals surface area contributed by atoms with E-state index in [0.717, 1.165) is 96.3 Å². The highest BCUT2D eigenvalue weighted by molar-refractivity contribution is 5.70. The molecule has 0 saturated heterocycles. The normalized spacial score (nSPS) is 13.7. The van der Waals surface area contributed by atoms with E-state index in [4.69, 9.17) is 9.47 Å². The first-order valence-electron chi connectivity index (χ1n) is 19.7. The number of esters is 2. The van der Waals surface area contributed by atoms with Crippen LogP contribution in [0.4, 0.5) is 0 Å². The van der Waals surface area contributed by atoms with Crippen molar-refractivity contribution in [1.82, 2.24) is 0 Å². The van der Waals surface area contributed by atoms with Crippen LogP contribution in [-0.2, 0) is 19.1 Å². The van der Waals surface area contributed by atoms with Crippen LogP contribution in [0.15, 0.2) is 134 Å². The maximum atomic E-state index is 12.1.